The predicted octanol–water partition coefficient (Wildman–Crippen LogP) is 5.32. The Morgan fingerprint density at radius 2 is 1.86 bits per heavy atom. The zero-order valence-corrected chi connectivity index (χ0v) is 17.1. The molecule has 2 heterocycles. The number of ether oxygens (including phenoxy) is 1. The molecule has 5 nitrogen and oxygen atoms in total. The van der Waals surface area contributed by atoms with Crippen LogP contribution in [0.5, 0.6) is 0 Å². The van der Waals surface area contributed by atoms with Crippen molar-refractivity contribution in [3.05, 3.63) is 59.8 Å². The van der Waals surface area contributed by atoms with Crippen molar-refractivity contribution in [2.45, 2.75) is 33.1 Å². The molecule has 150 valence electrons. The number of benzene rings is 2. The van der Waals surface area contributed by atoms with Gasteiger partial charge in [-0.25, -0.2) is 4.79 Å². The van der Waals surface area contributed by atoms with Gasteiger partial charge in [0.2, 0.25) is 0 Å². The molecule has 0 radical (unpaired) electrons. The number of aromatic nitrogens is 1. The van der Waals surface area contributed by atoms with Crippen LogP contribution in [0.15, 0.2) is 48.7 Å². The van der Waals surface area contributed by atoms with E-state index < -0.39 is 0 Å². The molecule has 0 aliphatic carbocycles. The highest BCUT2D eigenvalue weighted by Gasteiger charge is 2.18. The average molecular weight is 389 g/mol. The number of fused-ring (bicyclic) bond motifs is 1. The number of nitrogens with zero attached hydrogens (tertiary/aromatic N) is 2. The number of hydrogen-bond donors (Lipinski definition) is 1. The van der Waals surface area contributed by atoms with Crippen LogP contribution in [0.2, 0.25) is 0 Å². The van der Waals surface area contributed by atoms with Crippen molar-refractivity contribution in [2.75, 3.05) is 29.9 Å². The molecular weight excluding hydrogens is 362 g/mol. The molecule has 5 heteroatoms. The first-order chi connectivity index (χ1) is 14.2. The van der Waals surface area contributed by atoms with Crippen LogP contribution >= 0.6 is 0 Å². The summed E-state index contributed by atoms with van der Waals surface area (Å²) in [6.45, 7) is 6.49. The number of para-hydroxylation sites is 1. The molecule has 0 atom stereocenters. The lowest BCUT2D eigenvalue weighted by Gasteiger charge is -2.19. The van der Waals surface area contributed by atoms with E-state index in [-0.39, 0.29) is 5.97 Å². The second-order valence-corrected chi connectivity index (χ2v) is 7.30. The van der Waals surface area contributed by atoms with Crippen molar-refractivity contribution in [3.63, 3.8) is 0 Å². The van der Waals surface area contributed by atoms with Gasteiger partial charge in [0.1, 0.15) is 5.56 Å². The van der Waals surface area contributed by atoms with Gasteiger partial charge in [-0.2, -0.15) is 0 Å². The molecule has 1 aliphatic rings. The third kappa shape index (κ3) is 3.90. The van der Waals surface area contributed by atoms with Crippen LogP contribution in [-0.2, 0) is 11.2 Å². The molecule has 0 saturated carbocycles. The van der Waals surface area contributed by atoms with Crippen LogP contribution in [0.3, 0.4) is 0 Å². The van der Waals surface area contributed by atoms with E-state index in [9.17, 15) is 4.79 Å². The SMILES string of the molecule is CCOC(=O)c1cnc2c(CC)cccc2c1Nc1ccc(N2CCCC2)cc1. The van der Waals surface area contributed by atoms with Crippen LogP contribution in [0.1, 0.15) is 42.6 Å². The minimum absolute atomic E-state index is 0.329. The minimum Gasteiger partial charge on any atom is -0.462 e. The van der Waals surface area contributed by atoms with Crippen molar-refractivity contribution in [3.8, 4) is 0 Å². The Kier molecular flexibility index (Phi) is 5.65. The standard InChI is InChI=1S/C24H27N3O2/c1-3-17-8-7-9-20-22(17)25-16-21(24(28)29-4-2)23(20)26-18-10-12-19(13-11-18)27-14-5-6-15-27/h7-13,16H,3-6,14-15H2,1-2H3,(H,25,26). The number of carbonyl (C=O) groups is 1. The third-order valence-corrected chi connectivity index (χ3v) is 5.47. The van der Waals surface area contributed by atoms with Crippen molar-refractivity contribution in [1.82, 2.24) is 4.98 Å². The first-order valence-electron chi connectivity index (χ1n) is 10.4. The Labute approximate surface area is 171 Å². The topological polar surface area (TPSA) is 54.5 Å². The fraction of sp³-hybridized carbons (Fsp3) is 0.333. The molecule has 1 aliphatic heterocycles. The summed E-state index contributed by atoms with van der Waals surface area (Å²) in [5.41, 5.74) is 5.46. The number of carbonyl (C=O) groups excluding carboxylic acids is 1. The Morgan fingerprint density at radius 3 is 2.55 bits per heavy atom. The number of rotatable bonds is 6. The number of pyridine rings is 1. The first-order valence-corrected chi connectivity index (χ1v) is 10.4. The van der Waals surface area contributed by atoms with Gasteiger partial charge in [-0.05, 0) is 56.0 Å². The quantitative estimate of drug-likeness (QED) is 0.579. The Bertz CT molecular complexity index is 1010. The van der Waals surface area contributed by atoms with Crippen LogP contribution < -0.4 is 10.2 Å². The van der Waals surface area contributed by atoms with Gasteiger partial charge in [0.05, 0.1) is 17.8 Å². The summed E-state index contributed by atoms with van der Waals surface area (Å²) in [5, 5.41) is 4.39. The molecule has 0 amide bonds. The summed E-state index contributed by atoms with van der Waals surface area (Å²) in [7, 11) is 0. The lowest BCUT2D eigenvalue weighted by atomic mass is 10.0. The minimum atomic E-state index is -0.361. The van der Waals surface area contributed by atoms with Crippen molar-refractivity contribution in [2.24, 2.45) is 0 Å². The molecule has 3 aromatic rings. The molecule has 1 aromatic heterocycles. The Hall–Kier alpha value is -3.08. The molecular formula is C24H27N3O2. The van der Waals surface area contributed by atoms with E-state index in [1.165, 1.54) is 18.5 Å². The van der Waals surface area contributed by atoms with Gasteiger partial charge >= 0.3 is 5.97 Å². The molecule has 0 unspecified atom stereocenters. The number of nitrogens with one attached hydrogen (secondary N) is 1. The van der Waals surface area contributed by atoms with Gasteiger partial charge in [-0.3, -0.25) is 4.98 Å². The van der Waals surface area contributed by atoms with Crippen LogP contribution in [-0.4, -0.2) is 30.6 Å². The van der Waals surface area contributed by atoms with Crippen LogP contribution in [0, 0.1) is 0 Å². The van der Waals surface area contributed by atoms with Gasteiger partial charge in [-0.1, -0.05) is 25.1 Å². The maximum atomic E-state index is 12.6. The highest BCUT2D eigenvalue weighted by molar-refractivity contribution is 6.06. The van der Waals surface area contributed by atoms with E-state index in [1.807, 2.05) is 19.1 Å². The number of anilines is 3. The fourth-order valence-electron chi connectivity index (χ4n) is 3.94. The van der Waals surface area contributed by atoms with E-state index in [4.69, 9.17) is 4.74 Å². The monoisotopic (exact) mass is 389 g/mol. The van der Waals surface area contributed by atoms with E-state index in [0.717, 1.165) is 47.4 Å². The van der Waals surface area contributed by atoms with E-state index in [1.54, 1.807) is 6.20 Å². The van der Waals surface area contributed by atoms with Crippen molar-refractivity contribution >= 4 is 33.9 Å². The Morgan fingerprint density at radius 1 is 1.10 bits per heavy atom. The van der Waals surface area contributed by atoms with E-state index in [0.29, 0.717) is 12.2 Å². The summed E-state index contributed by atoms with van der Waals surface area (Å²) in [6.07, 6.45) is 5.02. The zero-order chi connectivity index (χ0) is 20.2. The fourth-order valence-corrected chi connectivity index (χ4v) is 3.94. The number of aryl methyl sites for hydroxylation is 1. The van der Waals surface area contributed by atoms with Crippen LogP contribution in [0.4, 0.5) is 17.1 Å². The zero-order valence-electron chi connectivity index (χ0n) is 17.1. The van der Waals surface area contributed by atoms with Gasteiger partial charge in [-0.15, -0.1) is 0 Å². The Balaban J connectivity index is 1.73. The van der Waals surface area contributed by atoms with Gasteiger partial charge in [0, 0.05) is 36.0 Å². The molecule has 1 saturated heterocycles. The smallest absolute Gasteiger partial charge is 0.341 e. The van der Waals surface area contributed by atoms with E-state index >= 15 is 0 Å². The molecule has 29 heavy (non-hydrogen) atoms. The molecule has 2 aromatic carbocycles. The summed E-state index contributed by atoms with van der Waals surface area (Å²) >= 11 is 0. The van der Waals surface area contributed by atoms with Crippen LogP contribution in [0.25, 0.3) is 10.9 Å². The van der Waals surface area contributed by atoms with Gasteiger partial charge in [0.25, 0.3) is 0 Å². The lowest BCUT2D eigenvalue weighted by Crippen LogP contribution is -2.17. The molecule has 0 bridgehead atoms. The predicted molar refractivity (Wildman–Crippen MR) is 118 cm³/mol. The molecule has 1 N–H and O–H groups in total. The highest BCUT2D eigenvalue weighted by Crippen LogP contribution is 2.32. The number of esters is 1. The summed E-state index contributed by atoms with van der Waals surface area (Å²) < 4.78 is 5.27. The first kappa shape index (κ1) is 19.2. The summed E-state index contributed by atoms with van der Waals surface area (Å²) in [6, 6.07) is 14.5. The largest absolute Gasteiger partial charge is 0.462 e. The molecule has 0 spiro atoms. The second-order valence-electron chi connectivity index (χ2n) is 7.30. The summed E-state index contributed by atoms with van der Waals surface area (Å²) in [5.74, 6) is -0.361. The lowest BCUT2D eigenvalue weighted by molar-refractivity contribution is 0.0527. The normalized spacial score (nSPS) is 13.7. The van der Waals surface area contributed by atoms with Gasteiger partial charge in [0.15, 0.2) is 0 Å². The average Bonchev–Trinajstić information content (AvgIpc) is 3.29. The second kappa shape index (κ2) is 8.52. The molecule has 4 rings (SSSR count). The van der Waals surface area contributed by atoms with Crippen molar-refractivity contribution < 1.29 is 9.53 Å². The highest BCUT2D eigenvalue weighted by atomic mass is 16.5. The van der Waals surface area contributed by atoms with E-state index in [2.05, 4.69) is 52.5 Å². The number of hydrogen-bond acceptors (Lipinski definition) is 5. The molecule has 1 fully saturated rings. The maximum Gasteiger partial charge on any atom is 0.341 e. The van der Waals surface area contributed by atoms with Crippen molar-refractivity contribution in [1.29, 1.82) is 0 Å². The van der Waals surface area contributed by atoms with Gasteiger partial charge < -0.3 is 15.0 Å². The summed E-state index contributed by atoms with van der Waals surface area (Å²) in [4.78, 5) is 19.6. The third-order valence-electron chi connectivity index (χ3n) is 5.47. The maximum absolute atomic E-state index is 12.6.